The van der Waals surface area contributed by atoms with Crippen molar-refractivity contribution in [1.29, 1.82) is 0 Å². The lowest BCUT2D eigenvalue weighted by molar-refractivity contribution is 0.101. The zero-order chi connectivity index (χ0) is 14.0. The number of imidazole rings is 1. The Balaban J connectivity index is 2.30. The maximum absolute atomic E-state index is 12.2. The molecular formula is C15H19N3O. The van der Waals surface area contributed by atoms with Crippen LogP contribution in [0.4, 0.5) is 5.69 Å². The van der Waals surface area contributed by atoms with Gasteiger partial charge in [0.2, 0.25) is 0 Å². The number of aryl methyl sites for hydroxylation is 1. The highest BCUT2D eigenvalue weighted by molar-refractivity contribution is 6.03. The van der Waals surface area contributed by atoms with E-state index in [1.807, 2.05) is 24.3 Å². The van der Waals surface area contributed by atoms with Crippen LogP contribution < -0.4 is 5.32 Å². The third-order valence-corrected chi connectivity index (χ3v) is 3.03. The molecule has 0 bridgehead atoms. The Hall–Kier alpha value is -2.10. The van der Waals surface area contributed by atoms with Crippen molar-refractivity contribution in [2.75, 3.05) is 5.32 Å². The fourth-order valence-electron chi connectivity index (χ4n) is 2.01. The van der Waals surface area contributed by atoms with E-state index in [0.717, 1.165) is 11.3 Å². The lowest BCUT2D eigenvalue weighted by Crippen LogP contribution is -2.20. The van der Waals surface area contributed by atoms with Crippen molar-refractivity contribution in [2.24, 2.45) is 7.05 Å². The highest BCUT2D eigenvalue weighted by Gasteiger charge is 2.19. The first-order valence-corrected chi connectivity index (χ1v) is 6.27. The van der Waals surface area contributed by atoms with Crippen molar-refractivity contribution in [3.05, 3.63) is 48.0 Å². The molecule has 0 fully saturated rings. The van der Waals surface area contributed by atoms with Gasteiger partial charge in [-0.25, -0.2) is 4.98 Å². The summed E-state index contributed by atoms with van der Waals surface area (Å²) in [5.41, 5.74) is 2.49. The summed E-state index contributed by atoms with van der Waals surface area (Å²) in [6, 6.07) is 7.88. The van der Waals surface area contributed by atoms with Crippen LogP contribution in [0.25, 0.3) is 0 Å². The molecule has 2 rings (SSSR count). The van der Waals surface area contributed by atoms with Crippen molar-refractivity contribution >= 4 is 11.6 Å². The van der Waals surface area contributed by atoms with Gasteiger partial charge in [-0.3, -0.25) is 4.79 Å². The number of carbonyl (C=O) groups is 1. The fourth-order valence-corrected chi connectivity index (χ4v) is 2.01. The SMILES string of the molecule is Cn1cncc1C(=O)Nc1ccccc1C(C)(C)C. The van der Waals surface area contributed by atoms with E-state index in [1.54, 1.807) is 24.1 Å². The number of hydrogen-bond acceptors (Lipinski definition) is 2. The van der Waals surface area contributed by atoms with Crippen LogP contribution in [0.3, 0.4) is 0 Å². The van der Waals surface area contributed by atoms with Crippen molar-refractivity contribution in [3.63, 3.8) is 0 Å². The van der Waals surface area contributed by atoms with Gasteiger partial charge in [0, 0.05) is 12.7 Å². The number of para-hydroxylation sites is 1. The molecule has 0 radical (unpaired) electrons. The zero-order valence-electron chi connectivity index (χ0n) is 11.8. The Kier molecular flexibility index (Phi) is 3.42. The largest absolute Gasteiger partial charge is 0.330 e. The van der Waals surface area contributed by atoms with E-state index in [-0.39, 0.29) is 11.3 Å². The fraction of sp³-hybridized carbons (Fsp3) is 0.333. The van der Waals surface area contributed by atoms with Gasteiger partial charge in [0.25, 0.3) is 5.91 Å². The number of anilines is 1. The van der Waals surface area contributed by atoms with Gasteiger partial charge in [-0.05, 0) is 17.0 Å². The number of aromatic nitrogens is 2. The van der Waals surface area contributed by atoms with E-state index in [0.29, 0.717) is 5.69 Å². The van der Waals surface area contributed by atoms with Crippen LogP contribution in [0.15, 0.2) is 36.8 Å². The van der Waals surface area contributed by atoms with Crippen molar-refractivity contribution in [1.82, 2.24) is 9.55 Å². The minimum absolute atomic E-state index is 0.0175. The molecule has 0 saturated carbocycles. The van der Waals surface area contributed by atoms with Crippen LogP contribution in [-0.2, 0) is 12.5 Å². The molecular weight excluding hydrogens is 238 g/mol. The van der Waals surface area contributed by atoms with Crippen LogP contribution in [0, 0.1) is 0 Å². The topological polar surface area (TPSA) is 46.9 Å². The normalized spacial score (nSPS) is 11.4. The van der Waals surface area contributed by atoms with Gasteiger partial charge in [-0.1, -0.05) is 39.0 Å². The van der Waals surface area contributed by atoms with Gasteiger partial charge in [-0.2, -0.15) is 0 Å². The second-order valence-electron chi connectivity index (χ2n) is 5.64. The van der Waals surface area contributed by atoms with Gasteiger partial charge in [0.15, 0.2) is 0 Å². The van der Waals surface area contributed by atoms with E-state index in [9.17, 15) is 4.79 Å². The third kappa shape index (κ3) is 2.84. The molecule has 4 nitrogen and oxygen atoms in total. The first-order valence-electron chi connectivity index (χ1n) is 6.27. The summed E-state index contributed by atoms with van der Waals surface area (Å²) >= 11 is 0. The van der Waals surface area contributed by atoms with E-state index in [2.05, 4.69) is 31.1 Å². The first kappa shape index (κ1) is 13.3. The highest BCUT2D eigenvalue weighted by atomic mass is 16.2. The standard InChI is InChI=1S/C15H19N3O/c1-15(2,3)11-7-5-6-8-12(11)17-14(19)13-9-16-10-18(13)4/h5-10H,1-4H3,(H,17,19). The van der Waals surface area contributed by atoms with Gasteiger partial charge in [-0.15, -0.1) is 0 Å². The molecule has 4 heteroatoms. The summed E-state index contributed by atoms with van der Waals surface area (Å²) in [5.74, 6) is -0.142. The van der Waals surface area contributed by atoms with Crippen molar-refractivity contribution in [3.8, 4) is 0 Å². The molecule has 0 aliphatic heterocycles. The lowest BCUT2D eigenvalue weighted by Gasteiger charge is -2.23. The molecule has 100 valence electrons. The quantitative estimate of drug-likeness (QED) is 0.899. The molecule has 1 aromatic carbocycles. The number of benzene rings is 1. The molecule has 0 saturated heterocycles. The number of amides is 1. The third-order valence-electron chi connectivity index (χ3n) is 3.03. The average molecular weight is 257 g/mol. The van der Waals surface area contributed by atoms with Gasteiger partial charge in [0.05, 0.1) is 12.5 Å². The molecule has 2 aromatic rings. The Morgan fingerprint density at radius 2 is 1.95 bits per heavy atom. The zero-order valence-corrected chi connectivity index (χ0v) is 11.8. The highest BCUT2D eigenvalue weighted by Crippen LogP contribution is 2.29. The molecule has 1 N–H and O–H groups in total. The minimum Gasteiger partial charge on any atom is -0.330 e. The number of hydrogen-bond donors (Lipinski definition) is 1. The summed E-state index contributed by atoms with van der Waals surface area (Å²) in [7, 11) is 1.80. The predicted octanol–water partition coefficient (Wildman–Crippen LogP) is 2.97. The van der Waals surface area contributed by atoms with Crippen molar-refractivity contribution in [2.45, 2.75) is 26.2 Å². The predicted molar refractivity (Wildman–Crippen MR) is 76.3 cm³/mol. The van der Waals surface area contributed by atoms with E-state index in [4.69, 9.17) is 0 Å². The van der Waals surface area contributed by atoms with Crippen LogP contribution in [-0.4, -0.2) is 15.5 Å². The molecule has 19 heavy (non-hydrogen) atoms. The average Bonchev–Trinajstić information content (AvgIpc) is 2.75. The second-order valence-corrected chi connectivity index (χ2v) is 5.64. The Bertz CT molecular complexity index is 593. The van der Waals surface area contributed by atoms with Crippen LogP contribution >= 0.6 is 0 Å². The Morgan fingerprint density at radius 3 is 2.53 bits per heavy atom. The van der Waals surface area contributed by atoms with Gasteiger partial charge < -0.3 is 9.88 Å². The van der Waals surface area contributed by atoms with Crippen LogP contribution in [0.2, 0.25) is 0 Å². The molecule has 0 spiro atoms. The molecule has 1 heterocycles. The van der Waals surface area contributed by atoms with Crippen molar-refractivity contribution < 1.29 is 4.79 Å². The first-order chi connectivity index (χ1) is 8.89. The molecule has 1 aromatic heterocycles. The summed E-state index contributed by atoms with van der Waals surface area (Å²) < 4.78 is 1.70. The summed E-state index contributed by atoms with van der Waals surface area (Å²) in [6.45, 7) is 6.38. The monoisotopic (exact) mass is 257 g/mol. The maximum Gasteiger partial charge on any atom is 0.273 e. The maximum atomic E-state index is 12.2. The number of rotatable bonds is 2. The lowest BCUT2D eigenvalue weighted by atomic mass is 9.86. The van der Waals surface area contributed by atoms with Crippen LogP contribution in [0.5, 0.6) is 0 Å². The number of nitrogens with zero attached hydrogens (tertiary/aromatic N) is 2. The Morgan fingerprint density at radius 1 is 1.26 bits per heavy atom. The minimum atomic E-state index is -0.142. The van der Waals surface area contributed by atoms with E-state index in [1.165, 1.54) is 0 Å². The molecule has 0 aliphatic carbocycles. The Labute approximate surface area is 113 Å². The summed E-state index contributed by atoms with van der Waals surface area (Å²) in [5, 5.41) is 2.96. The molecule has 0 atom stereocenters. The van der Waals surface area contributed by atoms with Gasteiger partial charge in [0.1, 0.15) is 5.69 Å². The molecule has 0 aliphatic rings. The summed E-state index contributed by atoms with van der Waals surface area (Å²) in [6.07, 6.45) is 3.18. The second kappa shape index (κ2) is 4.88. The molecule has 0 unspecified atom stereocenters. The van der Waals surface area contributed by atoms with E-state index >= 15 is 0 Å². The summed E-state index contributed by atoms with van der Waals surface area (Å²) in [4.78, 5) is 16.2. The van der Waals surface area contributed by atoms with E-state index < -0.39 is 0 Å². The van der Waals surface area contributed by atoms with Gasteiger partial charge >= 0.3 is 0 Å². The smallest absolute Gasteiger partial charge is 0.273 e. The number of carbonyl (C=O) groups excluding carboxylic acids is 1. The molecule has 1 amide bonds. The van der Waals surface area contributed by atoms with Crippen LogP contribution in [0.1, 0.15) is 36.8 Å². The number of nitrogens with one attached hydrogen (secondary N) is 1.